The molecule has 1 atom stereocenters. The Kier molecular flexibility index (Phi) is 6.77. The number of nitrogens with zero attached hydrogens (tertiary/aromatic N) is 2. The molecule has 0 aliphatic heterocycles. The van der Waals surface area contributed by atoms with E-state index in [0.29, 0.717) is 24.2 Å². The molecule has 2 aromatic rings. The molecule has 0 unspecified atom stereocenters. The SMILES string of the molecule is CCCNC(=O)NC(=O)CSc1nc2sc3c(c2c(=O)n1CC)CC[C@H](C)C3. The number of nitrogens with one attached hydrogen (secondary N) is 2. The number of hydrogen-bond donors (Lipinski definition) is 2. The van der Waals surface area contributed by atoms with E-state index in [1.54, 1.807) is 15.9 Å². The topological polar surface area (TPSA) is 93.1 Å². The van der Waals surface area contributed by atoms with Crippen molar-refractivity contribution in [2.45, 2.75) is 58.2 Å². The second-order valence-electron chi connectivity index (χ2n) is 7.07. The molecule has 0 bridgehead atoms. The lowest BCUT2D eigenvalue weighted by molar-refractivity contribution is -0.117. The molecule has 1 aliphatic rings. The number of rotatable bonds is 6. The number of aromatic nitrogens is 2. The van der Waals surface area contributed by atoms with Gasteiger partial charge in [0.1, 0.15) is 4.83 Å². The number of thiophene rings is 1. The first-order chi connectivity index (χ1) is 13.4. The molecule has 1 aliphatic carbocycles. The number of urea groups is 1. The van der Waals surface area contributed by atoms with Crippen LogP contribution in [-0.4, -0.2) is 33.8 Å². The Balaban J connectivity index is 1.81. The summed E-state index contributed by atoms with van der Waals surface area (Å²) in [5.41, 5.74) is 1.14. The van der Waals surface area contributed by atoms with Gasteiger partial charge in [-0.15, -0.1) is 11.3 Å². The molecule has 2 N–H and O–H groups in total. The largest absolute Gasteiger partial charge is 0.338 e. The Morgan fingerprint density at radius 1 is 1.36 bits per heavy atom. The van der Waals surface area contributed by atoms with E-state index in [2.05, 4.69) is 17.6 Å². The third kappa shape index (κ3) is 4.41. The van der Waals surface area contributed by atoms with Crippen LogP contribution in [0.1, 0.15) is 44.1 Å². The molecule has 3 amide bonds. The van der Waals surface area contributed by atoms with E-state index in [9.17, 15) is 14.4 Å². The average Bonchev–Trinajstić information content (AvgIpc) is 3.02. The van der Waals surface area contributed by atoms with E-state index in [-0.39, 0.29) is 11.3 Å². The molecule has 0 saturated carbocycles. The molecule has 0 radical (unpaired) electrons. The van der Waals surface area contributed by atoms with Gasteiger partial charge < -0.3 is 5.32 Å². The normalized spacial score (nSPS) is 16.0. The molecule has 0 saturated heterocycles. The number of carbonyl (C=O) groups is 2. The Morgan fingerprint density at radius 3 is 2.86 bits per heavy atom. The lowest BCUT2D eigenvalue weighted by Crippen LogP contribution is -2.40. The van der Waals surface area contributed by atoms with Crippen molar-refractivity contribution in [1.29, 1.82) is 0 Å². The minimum atomic E-state index is -0.496. The summed E-state index contributed by atoms with van der Waals surface area (Å²) in [7, 11) is 0. The van der Waals surface area contributed by atoms with Crippen LogP contribution in [0.25, 0.3) is 10.2 Å². The average molecular weight is 423 g/mol. The molecule has 3 rings (SSSR count). The number of carbonyl (C=O) groups excluding carboxylic acids is 2. The lowest BCUT2D eigenvalue weighted by Gasteiger charge is -2.17. The maximum absolute atomic E-state index is 13.1. The van der Waals surface area contributed by atoms with Gasteiger partial charge in [-0.3, -0.25) is 19.5 Å². The summed E-state index contributed by atoms with van der Waals surface area (Å²) in [5.74, 6) is 0.250. The highest BCUT2D eigenvalue weighted by atomic mass is 32.2. The standard InChI is InChI=1S/C19H26N4O3S2/c1-4-8-20-18(26)21-14(24)10-27-19-22-16-15(17(25)23(19)5-2)12-7-6-11(3)9-13(12)28-16/h11H,4-10H2,1-3H3,(H2,20,21,24,26)/t11-/m0/s1. The highest BCUT2D eigenvalue weighted by Crippen LogP contribution is 2.36. The molecule has 0 aromatic carbocycles. The molecular formula is C19H26N4O3S2. The molecular weight excluding hydrogens is 396 g/mol. The van der Waals surface area contributed by atoms with Gasteiger partial charge in [0.25, 0.3) is 5.56 Å². The molecule has 28 heavy (non-hydrogen) atoms. The molecule has 2 heterocycles. The number of thioether (sulfide) groups is 1. The molecule has 152 valence electrons. The van der Waals surface area contributed by atoms with Crippen LogP contribution >= 0.6 is 23.1 Å². The molecule has 9 heteroatoms. The Morgan fingerprint density at radius 2 is 2.14 bits per heavy atom. The van der Waals surface area contributed by atoms with Crippen LogP contribution in [0.2, 0.25) is 0 Å². The smallest absolute Gasteiger partial charge is 0.321 e. The fourth-order valence-corrected chi connectivity index (χ4v) is 5.66. The maximum Gasteiger partial charge on any atom is 0.321 e. The van der Waals surface area contributed by atoms with Crippen molar-refractivity contribution < 1.29 is 9.59 Å². The van der Waals surface area contributed by atoms with Crippen LogP contribution in [0.5, 0.6) is 0 Å². The lowest BCUT2D eigenvalue weighted by atomic mass is 9.89. The first-order valence-corrected chi connectivity index (χ1v) is 11.5. The zero-order valence-electron chi connectivity index (χ0n) is 16.5. The second kappa shape index (κ2) is 9.09. The zero-order chi connectivity index (χ0) is 20.3. The molecule has 7 nitrogen and oxygen atoms in total. The van der Waals surface area contributed by atoms with Crippen LogP contribution in [-0.2, 0) is 24.2 Å². The van der Waals surface area contributed by atoms with Crippen molar-refractivity contribution in [3.63, 3.8) is 0 Å². The van der Waals surface area contributed by atoms with Crippen molar-refractivity contribution in [3.8, 4) is 0 Å². The first-order valence-electron chi connectivity index (χ1n) is 9.70. The van der Waals surface area contributed by atoms with Crippen molar-refractivity contribution in [1.82, 2.24) is 20.2 Å². The highest BCUT2D eigenvalue weighted by Gasteiger charge is 2.24. The number of imide groups is 1. The third-order valence-corrected chi connectivity index (χ3v) is 6.94. The van der Waals surface area contributed by atoms with Gasteiger partial charge in [0.15, 0.2) is 5.16 Å². The zero-order valence-corrected chi connectivity index (χ0v) is 18.1. The van der Waals surface area contributed by atoms with E-state index in [0.717, 1.165) is 35.9 Å². The highest BCUT2D eigenvalue weighted by molar-refractivity contribution is 7.99. The quantitative estimate of drug-likeness (QED) is 0.551. The predicted molar refractivity (Wildman–Crippen MR) is 113 cm³/mol. The molecule has 0 spiro atoms. The summed E-state index contributed by atoms with van der Waals surface area (Å²) in [6.45, 7) is 7.08. The summed E-state index contributed by atoms with van der Waals surface area (Å²) in [6, 6.07) is -0.496. The number of aryl methyl sites for hydroxylation is 1. The van der Waals surface area contributed by atoms with Gasteiger partial charge >= 0.3 is 6.03 Å². The number of fused-ring (bicyclic) bond motifs is 3. The van der Waals surface area contributed by atoms with E-state index < -0.39 is 11.9 Å². The summed E-state index contributed by atoms with van der Waals surface area (Å²) >= 11 is 2.79. The van der Waals surface area contributed by atoms with Crippen LogP contribution < -0.4 is 16.2 Å². The van der Waals surface area contributed by atoms with E-state index in [4.69, 9.17) is 4.98 Å². The third-order valence-electron chi connectivity index (χ3n) is 4.82. The number of hydrogen-bond acceptors (Lipinski definition) is 6. The van der Waals surface area contributed by atoms with Crippen LogP contribution in [0.4, 0.5) is 4.79 Å². The summed E-state index contributed by atoms with van der Waals surface area (Å²) < 4.78 is 1.63. The summed E-state index contributed by atoms with van der Waals surface area (Å²) in [4.78, 5) is 43.4. The summed E-state index contributed by atoms with van der Waals surface area (Å²) in [6.07, 6.45) is 3.83. The van der Waals surface area contributed by atoms with Crippen molar-refractivity contribution in [2.24, 2.45) is 5.92 Å². The second-order valence-corrected chi connectivity index (χ2v) is 9.09. The van der Waals surface area contributed by atoms with Crippen LogP contribution in [0, 0.1) is 5.92 Å². The summed E-state index contributed by atoms with van der Waals surface area (Å²) in [5, 5.41) is 6.17. The van der Waals surface area contributed by atoms with E-state index >= 15 is 0 Å². The minimum absolute atomic E-state index is 0.0249. The van der Waals surface area contributed by atoms with Gasteiger partial charge in [-0.05, 0) is 44.1 Å². The van der Waals surface area contributed by atoms with Gasteiger partial charge in [-0.25, -0.2) is 9.78 Å². The Labute approximate surface area is 172 Å². The Bertz CT molecular complexity index is 951. The van der Waals surface area contributed by atoms with E-state index in [1.165, 1.54) is 22.2 Å². The van der Waals surface area contributed by atoms with Gasteiger partial charge in [0.05, 0.1) is 11.1 Å². The van der Waals surface area contributed by atoms with Gasteiger partial charge in [-0.2, -0.15) is 0 Å². The van der Waals surface area contributed by atoms with E-state index in [1.807, 2.05) is 13.8 Å². The maximum atomic E-state index is 13.1. The monoisotopic (exact) mass is 422 g/mol. The van der Waals surface area contributed by atoms with Gasteiger partial charge in [0, 0.05) is 18.0 Å². The fraction of sp³-hybridized carbons (Fsp3) is 0.579. The fourth-order valence-electron chi connectivity index (χ4n) is 3.37. The van der Waals surface area contributed by atoms with Crippen LogP contribution in [0.3, 0.4) is 0 Å². The first kappa shape index (κ1) is 20.9. The minimum Gasteiger partial charge on any atom is -0.338 e. The molecule has 0 fully saturated rings. The van der Waals surface area contributed by atoms with Crippen molar-refractivity contribution in [3.05, 3.63) is 20.8 Å². The number of amides is 3. The van der Waals surface area contributed by atoms with Crippen molar-refractivity contribution >= 4 is 45.3 Å². The van der Waals surface area contributed by atoms with Crippen molar-refractivity contribution in [2.75, 3.05) is 12.3 Å². The predicted octanol–water partition coefficient (Wildman–Crippen LogP) is 2.93. The van der Waals surface area contributed by atoms with Crippen LogP contribution in [0.15, 0.2) is 9.95 Å². The Hall–Kier alpha value is -1.87. The molecule has 2 aromatic heterocycles. The van der Waals surface area contributed by atoms with Gasteiger partial charge in [0.2, 0.25) is 5.91 Å². The van der Waals surface area contributed by atoms with Gasteiger partial charge in [-0.1, -0.05) is 25.6 Å².